The first-order valence-corrected chi connectivity index (χ1v) is 9.49. The average Bonchev–Trinajstić information content (AvgIpc) is 3.16. The van der Waals surface area contributed by atoms with E-state index in [0.29, 0.717) is 11.5 Å². The van der Waals surface area contributed by atoms with Crippen LogP contribution in [-0.4, -0.2) is 56.3 Å². The number of carbonyl (C=O) groups is 1. The lowest BCUT2D eigenvalue weighted by Crippen LogP contribution is -2.36. The van der Waals surface area contributed by atoms with Crippen LogP contribution in [-0.2, 0) is 6.54 Å². The molecule has 3 aromatic rings. The highest BCUT2D eigenvalue weighted by molar-refractivity contribution is 7.07. The van der Waals surface area contributed by atoms with Crippen LogP contribution in [0.1, 0.15) is 28.2 Å². The van der Waals surface area contributed by atoms with Gasteiger partial charge in [0.25, 0.3) is 5.91 Å². The zero-order chi connectivity index (χ0) is 17.2. The number of hydrogen-bond acceptors (Lipinski definition) is 5. The molecule has 1 aliphatic heterocycles. The van der Waals surface area contributed by atoms with E-state index in [1.165, 1.54) is 5.56 Å². The zero-order valence-electron chi connectivity index (χ0n) is 14.3. The second kappa shape index (κ2) is 6.93. The van der Waals surface area contributed by atoms with Gasteiger partial charge in [0.15, 0.2) is 0 Å². The molecule has 0 saturated carbocycles. The fourth-order valence-corrected chi connectivity index (χ4v) is 4.04. The molecule has 1 amide bonds. The van der Waals surface area contributed by atoms with Gasteiger partial charge in [0.2, 0.25) is 5.78 Å². The standard InChI is InChI=1S/C18H21N5OS/c1-14-16(23-8-2-5-19-18(23)20-14)17(24)22-7-3-6-21(9-10-22)12-15-4-11-25-13-15/h2,4-5,8,11,13H,3,6-7,9-10,12H2,1H3. The van der Waals surface area contributed by atoms with Crippen LogP contribution in [0.2, 0.25) is 0 Å². The quantitative estimate of drug-likeness (QED) is 0.724. The number of thiophene rings is 1. The highest BCUT2D eigenvalue weighted by Gasteiger charge is 2.25. The van der Waals surface area contributed by atoms with Crippen LogP contribution in [0, 0.1) is 6.92 Å². The normalized spacial score (nSPS) is 16.3. The molecule has 7 heteroatoms. The predicted octanol–water partition coefficient (Wildman–Crippen LogP) is 2.45. The monoisotopic (exact) mass is 355 g/mol. The number of amides is 1. The van der Waals surface area contributed by atoms with Crippen LogP contribution in [0.25, 0.3) is 5.78 Å². The molecule has 1 saturated heterocycles. The lowest BCUT2D eigenvalue weighted by molar-refractivity contribution is 0.0753. The number of imidazole rings is 1. The highest BCUT2D eigenvalue weighted by Crippen LogP contribution is 2.16. The number of carbonyl (C=O) groups excluding carboxylic acids is 1. The fraction of sp³-hybridized carbons (Fsp3) is 0.389. The third-order valence-electron chi connectivity index (χ3n) is 4.64. The molecule has 0 N–H and O–H groups in total. The molecule has 130 valence electrons. The van der Waals surface area contributed by atoms with Crippen molar-refractivity contribution in [1.29, 1.82) is 0 Å². The van der Waals surface area contributed by atoms with Gasteiger partial charge in [-0.3, -0.25) is 14.1 Å². The summed E-state index contributed by atoms with van der Waals surface area (Å²) in [6.45, 7) is 6.29. The van der Waals surface area contributed by atoms with Gasteiger partial charge in [-0.15, -0.1) is 0 Å². The van der Waals surface area contributed by atoms with Gasteiger partial charge in [0.1, 0.15) is 5.69 Å². The summed E-state index contributed by atoms with van der Waals surface area (Å²) in [5.41, 5.74) is 2.73. The molecule has 0 bridgehead atoms. The first-order chi connectivity index (χ1) is 12.2. The minimum atomic E-state index is 0.0513. The molecular weight excluding hydrogens is 334 g/mol. The summed E-state index contributed by atoms with van der Waals surface area (Å²) in [6, 6.07) is 4.00. The van der Waals surface area contributed by atoms with Crippen molar-refractivity contribution in [2.24, 2.45) is 0 Å². The molecule has 0 atom stereocenters. The molecule has 4 heterocycles. The Balaban J connectivity index is 1.50. The molecule has 0 spiro atoms. The Hall–Kier alpha value is -2.25. The minimum Gasteiger partial charge on any atom is -0.336 e. The second-order valence-corrected chi connectivity index (χ2v) is 7.17. The Morgan fingerprint density at radius 2 is 2.20 bits per heavy atom. The van der Waals surface area contributed by atoms with Crippen LogP contribution >= 0.6 is 11.3 Å². The van der Waals surface area contributed by atoms with Crippen LogP contribution < -0.4 is 0 Å². The number of aromatic nitrogens is 3. The third-order valence-corrected chi connectivity index (χ3v) is 5.37. The van der Waals surface area contributed by atoms with Gasteiger partial charge >= 0.3 is 0 Å². The Kier molecular flexibility index (Phi) is 4.50. The van der Waals surface area contributed by atoms with Crippen molar-refractivity contribution in [2.45, 2.75) is 19.9 Å². The maximum Gasteiger partial charge on any atom is 0.272 e. The van der Waals surface area contributed by atoms with E-state index >= 15 is 0 Å². The maximum absolute atomic E-state index is 13.1. The number of nitrogens with zero attached hydrogens (tertiary/aromatic N) is 5. The largest absolute Gasteiger partial charge is 0.336 e. The molecule has 4 rings (SSSR count). The molecule has 0 aliphatic carbocycles. The van der Waals surface area contributed by atoms with Crippen molar-refractivity contribution in [1.82, 2.24) is 24.2 Å². The Labute approximate surface area is 150 Å². The molecule has 25 heavy (non-hydrogen) atoms. The van der Waals surface area contributed by atoms with Crippen LogP contribution in [0.5, 0.6) is 0 Å². The van der Waals surface area contributed by atoms with E-state index in [1.807, 2.05) is 24.1 Å². The van der Waals surface area contributed by atoms with Crippen LogP contribution in [0.3, 0.4) is 0 Å². The summed E-state index contributed by atoms with van der Waals surface area (Å²) in [5.74, 6) is 0.632. The molecule has 6 nitrogen and oxygen atoms in total. The SMILES string of the molecule is Cc1nc2ncccn2c1C(=O)N1CCCN(Cc2ccsc2)CC1. The van der Waals surface area contributed by atoms with Gasteiger partial charge in [-0.25, -0.2) is 9.97 Å². The van der Waals surface area contributed by atoms with Crippen LogP contribution in [0.15, 0.2) is 35.3 Å². The average molecular weight is 355 g/mol. The van der Waals surface area contributed by atoms with E-state index in [0.717, 1.165) is 44.8 Å². The van der Waals surface area contributed by atoms with Crippen molar-refractivity contribution in [2.75, 3.05) is 26.2 Å². The number of fused-ring (bicyclic) bond motifs is 1. The zero-order valence-corrected chi connectivity index (χ0v) is 15.1. The Bertz CT molecular complexity index is 873. The molecule has 0 radical (unpaired) electrons. The molecule has 3 aromatic heterocycles. The van der Waals surface area contributed by atoms with E-state index in [1.54, 1.807) is 21.9 Å². The molecule has 0 aromatic carbocycles. The fourth-order valence-electron chi connectivity index (χ4n) is 3.38. The first kappa shape index (κ1) is 16.2. The Morgan fingerprint density at radius 3 is 3.04 bits per heavy atom. The summed E-state index contributed by atoms with van der Waals surface area (Å²) in [5, 5.41) is 4.31. The minimum absolute atomic E-state index is 0.0513. The summed E-state index contributed by atoms with van der Waals surface area (Å²) in [4.78, 5) is 26.1. The van der Waals surface area contributed by atoms with Gasteiger partial charge in [-0.05, 0) is 41.8 Å². The molecule has 0 unspecified atom stereocenters. The lowest BCUT2D eigenvalue weighted by Gasteiger charge is -2.22. The van der Waals surface area contributed by atoms with Crippen molar-refractivity contribution in [3.8, 4) is 0 Å². The van der Waals surface area contributed by atoms with E-state index < -0.39 is 0 Å². The van der Waals surface area contributed by atoms with E-state index in [-0.39, 0.29) is 5.91 Å². The topological polar surface area (TPSA) is 53.7 Å². The van der Waals surface area contributed by atoms with Crippen molar-refractivity contribution >= 4 is 23.0 Å². The van der Waals surface area contributed by atoms with Gasteiger partial charge in [-0.2, -0.15) is 11.3 Å². The van der Waals surface area contributed by atoms with Crippen molar-refractivity contribution in [3.05, 3.63) is 52.2 Å². The van der Waals surface area contributed by atoms with E-state index in [9.17, 15) is 4.79 Å². The van der Waals surface area contributed by atoms with E-state index in [2.05, 4.69) is 31.7 Å². The smallest absolute Gasteiger partial charge is 0.272 e. The summed E-state index contributed by atoms with van der Waals surface area (Å²) in [6.07, 6.45) is 4.55. The number of rotatable bonds is 3. The predicted molar refractivity (Wildman–Crippen MR) is 97.8 cm³/mol. The summed E-state index contributed by atoms with van der Waals surface area (Å²) in [7, 11) is 0. The van der Waals surface area contributed by atoms with Gasteiger partial charge < -0.3 is 4.90 Å². The highest BCUT2D eigenvalue weighted by atomic mass is 32.1. The first-order valence-electron chi connectivity index (χ1n) is 8.55. The second-order valence-electron chi connectivity index (χ2n) is 6.39. The van der Waals surface area contributed by atoms with E-state index in [4.69, 9.17) is 0 Å². The lowest BCUT2D eigenvalue weighted by atomic mass is 10.3. The van der Waals surface area contributed by atoms with Crippen molar-refractivity contribution < 1.29 is 4.79 Å². The van der Waals surface area contributed by atoms with Gasteiger partial charge in [0.05, 0.1) is 5.69 Å². The summed E-state index contributed by atoms with van der Waals surface area (Å²) >= 11 is 1.73. The van der Waals surface area contributed by atoms with Gasteiger partial charge in [0, 0.05) is 45.1 Å². The number of aryl methyl sites for hydroxylation is 1. The molecule has 1 fully saturated rings. The Morgan fingerprint density at radius 1 is 1.28 bits per heavy atom. The third kappa shape index (κ3) is 3.29. The molecule has 1 aliphatic rings. The van der Waals surface area contributed by atoms with Gasteiger partial charge in [-0.1, -0.05) is 0 Å². The molecular formula is C18H21N5OS. The van der Waals surface area contributed by atoms with Crippen LogP contribution in [0.4, 0.5) is 0 Å². The van der Waals surface area contributed by atoms with Crippen molar-refractivity contribution in [3.63, 3.8) is 0 Å². The number of hydrogen-bond donors (Lipinski definition) is 0. The summed E-state index contributed by atoms with van der Waals surface area (Å²) < 4.78 is 1.80. The maximum atomic E-state index is 13.1.